The minimum Gasteiger partial charge on any atom is -0.482 e. The molecule has 5 heteroatoms. The fourth-order valence-electron chi connectivity index (χ4n) is 2.74. The molecule has 0 bridgehead atoms. The van der Waals surface area contributed by atoms with E-state index in [0.29, 0.717) is 24.2 Å². The largest absolute Gasteiger partial charge is 0.482 e. The molecule has 1 aromatic heterocycles. The maximum atomic E-state index is 5.88. The first kappa shape index (κ1) is 14.1. The van der Waals surface area contributed by atoms with E-state index in [2.05, 4.69) is 30.1 Å². The lowest BCUT2D eigenvalue weighted by Gasteiger charge is -2.12. The first-order valence-electron chi connectivity index (χ1n) is 7.45. The lowest BCUT2D eigenvalue weighted by molar-refractivity contribution is 0.220. The van der Waals surface area contributed by atoms with Gasteiger partial charge in [-0.05, 0) is 24.0 Å². The van der Waals surface area contributed by atoms with Gasteiger partial charge in [0, 0.05) is 13.0 Å². The average molecular weight is 287 g/mol. The fraction of sp³-hybridized carbons (Fsp3) is 0.500. The summed E-state index contributed by atoms with van der Waals surface area (Å²) >= 11 is 0. The molecule has 2 aromatic rings. The third-order valence-corrected chi connectivity index (χ3v) is 3.78. The molecular weight excluding hydrogens is 266 g/mol. The summed E-state index contributed by atoms with van der Waals surface area (Å²) in [7, 11) is 0. The van der Waals surface area contributed by atoms with Gasteiger partial charge in [0.1, 0.15) is 5.75 Å². The number of aromatic nitrogens is 2. The Labute approximate surface area is 124 Å². The van der Waals surface area contributed by atoms with E-state index in [-0.39, 0.29) is 12.0 Å². The van der Waals surface area contributed by atoms with Gasteiger partial charge in [0.05, 0.1) is 5.92 Å². The molecule has 0 amide bonds. The van der Waals surface area contributed by atoms with Crippen LogP contribution >= 0.6 is 0 Å². The molecule has 5 nitrogen and oxygen atoms in total. The second-order valence-electron chi connectivity index (χ2n) is 5.97. The van der Waals surface area contributed by atoms with E-state index in [1.807, 2.05) is 18.2 Å². The highest BCUT2D eigenvalue weighted by atomic mass is 16.5. The van der Waals surface area contributed by atoms with Gasteiger partial charge in [-0.3, -0.25) is 0 Å². The first-order chi connectivity index (χ1) is 10.2. The lowest BCUT2D eigenvalue weighted by Crippen LogP contribution is -2.15. The van der Waals surface area contributed by atoms with Gasteiger partial charge in [0.15, 0.2) is 6.10 Å². The van der Waals surface area contributed by atoms with Crippen LogP contribution in [0.15, 0.2) is 28.8 Å². The average Bonchev–Trinajstić information content (AvgIpc) is 3.10. The summed E-state index contributed by atoms with van der Waals surface area (Å²) < 4.78 is 11.3. The minimum absolute atomic E-state index is 0.120. The number of nitrogens with two attached hydrogens (primary N) is 1. The van der Waals surface area contributed by atoms with Crippen LogP contribution in [0.3, 0.4) is 0 Å². The summed E-state index contributed by atoms with van der Waals surface area (Å²) in [4.78, 5) is 4.52. The van der Waals surface area contributed by atoms with Crippen molar-refractivity contribution in [3.05, 3.63) is 41.5 Å². The van der Waals surface area contributed by atoms with Crippen LogP contribution in [-0.2, 0) is 6.42 Å². The van der Waals surface area contributed by atoms with Crippen LogP contribution in [0.25, 0.3) is 0 Å². The monoisotopic (exact) mass is 287 g/mol. The molecule has 21 heavy (non-hydrogen) atoms. The standard InChI is InChI=1S/C16H21N3O2/c1-10(2)7-12(9-17)16-18-15(19-21-16)14-8-11-5-3-4-6-13(11)20-14/h3-6,10,12,14H,7-9,17H2,1-2H3. The summed E-state index contributed by atoms with van der Waals surface area (Å²) in [5, 5.41) is 4.09. The molecule has 0 radical (unpaired) electrons. The van der Waals surface area contributed by atoms with E-state index in [1.54, 1.807) is 0 Å². The van der Waals surface area contributed by atoms with E-state index in [0.717, 1.165) is 18.6 Å². The molecule has 1 aliphatic rings. The highest BCUT2D eigenvalue weighted by Gasteiger charge is 2.29. The Bertz CT molecular complexity index is 584. The van der Waals surface area contributed by atoms with Gasteiger partial charge >= 0.3 is 0 Å². The van der Waals surface area contributed by atoms with Crippen molar-refractivity contribution in [3.63, 3.8) is 0 Å². The Morgan fingerprint density at radius 3 is 2.86 bits per heavy atom. The second-order valence-corrected chi connectivity index (χ2v) is 5.97. The number of nitrogens with zero attached hydrogens (tertiary/aromatic N) is 2. The Kier molecular flexibility index (Phi) is 3.92. The quantitative estimate of drug-likeness (QED) is 0.915. The second kappa shape index (κ2) is 5.85. The number of para-hydroxylation sites is 1. The number of benzene rings is 1. The van der Waals surface area contributed by atoms with Crippen molar-refractivity contribution < 1.29 is 9.26 Å². The van der Waals surface area contributed by atoms with Gasteiger partial charge in [-0.2, -0.15) is 4.98 Å². The molecule has 3 rings (SSSR count). The summed E-state index contributed by atoms with van der Waals surface area (Å²) in [5.41, 5.74) is 7.01. The molecule has 0 fully saturated rings. The topological polar surface area (TPSA) is 74.2 Å². The Morgan fingerprint density at radius 1 is 1.33 bits per heavy atom. The van der Waals surface area contributed by atoms with Gasteiger partial charge in [-0.15, -0.1) is 0 Å². The maximum absolute atomic E-state index is 5.88. The number of hydrogen-bond donors (Lipinski definition) is 1. The van der Waals surface area contributed by atoms with Crippen molar-refractivity contribution >= 4 is 0 Å². The molecule has 2 N–H and O–H groups in total. The third kappa shape index (κ3) is 2.93. The van der Waals surface area contributed by atoms with Crippen molar-refractivity contribution in [2.45, 2.75) is 38.7 Å². The van der Waals surface area contributed by atoms with E-state index < -0.39 is 0 Å². The highest BCUT2D eigenvalue weighted by molar-refractivity contribution is 5.37. The molecular formula is C16H21N3O2. The summed E-state index contributed by atoms with van der Waals surface area (Å²) in [6.07, 6.45) is 1.58. The molecule has 0 saturated carbocycles. The van der Waals surface area contributed by atoms with Crippen LogP contribution in [0, 0.1) is 5.92 Å². The lowest BCUT2D eigenvalue weighted by atomic mass is 9.97. The molecule has 1 aliphatic heterocycles. The van der Waals surface area contributed by atoms with Crippen LogP contribution in [0.4, 0.5) is 0 Å². The molecule has 1 aromatic carbocycles. The zero-order chi connectivity index (χ0) is 14.8. The minimum atomic E-state index is -0.155. The smallest absolute Gasteiger partial charge is 0.231 e. The van der Waals surface area contributed by atoms with Gasteiger partial charge in [0.25, 0.3) is 0 Å². The van der Waals surface area contributed by atoms with Gasteiger partial charge in [0.2, 0.25) is 11.7 Å². The normalized spacial score (nSPS) is 18.6. The van der Waals surface area contributed by atoms with Crippen LogP contribution < -0.4 is 10.5 Å². The summed E-state index contributed by atoms with van der Waals surface area (Å²) in [6, 6.07) is 8.02. The molecule has 0 aliphatic carbocycles. The molecule has 2 atom stereocenters. The van der Waals surface area contributed by atoms with Crippen molar-refractivity contribution in [2.75, 3.05) is 6.54 Å². The van der Waals surface area contributed by atoms with Gasteiger partial charge in [-0.25, -0.2) is 0 Å². The number of hydrogen-bond acceptors (Lipinski definition) is 5. The fourth-order valence-corrected chi connectivity index (χ4v) is 2.74. The molecule has 0 spiro atoms. The van der Waals surface area contributed by atoms with Crippen molar-refractivity contribution in [1.82, 2.24) is 10.1 Å². The van der Waals surface area contributed by atoms with Crippen LogP contribution in [0.1, 0.15) is 49.6 Å². The van der Waals surface area contributed by atoms with Crippen LogP contribution in [0.2, 0.25) is 0 Å². The van der Waals surface area contributed by atoms with E-state index in [4.69, 9.17) is 15.0 Å². The van der Waals surface area contributed by atoms with E-state index >= 15 is 0 Å². The summed E-state index contributed by atoms with van der Waals surface area (Å²) in [5.74, 6) is 2.81. The van der Waals surface area contributed by atoms with Gasteiger partial charge < -0.3 is 15.0 Å². The zero-order valence-electron chi connectivity index (χ0n) is 12.5. The van der Waals surface area contributed by atoms with Gasteiger partial charge in [-0.1, -0.05) is 37.2 Å². The first-order valence-corrected chi connectivity index (χ1v) is 7.45. The predicted molar refractivity (Wildman–Crippen MR) is 79.1 cm³/mol. The molecule has 2 heterocycles. The molecule has 0 saturated heterocycles. The van der Waals surface area contributed by atoms with Crippen LogP contribution in [-0.4, -0.2) is 16.7 Å². The van der Waals surface area contributed by atoms with Crippen molar-refractivity contribution in [2.24, 2.45) is 11.7 Å². The van der Waals surface area contributed by atoms with Crippen molar-refractivity contribution in [1.29, 1.82) is 0 Å². The number of rotatable bonds is 5. The van der Waals surface area contributed by atoms with E-state index in [9.17, 15) is 0 Å². The Morgan fingerprint density at radius 2 is 2.14 bits per heavy atom. The number of fused-ring (bicyclic) bond motifs is 1. The zero-order valence-corrected chi connectivity index (χ0v) is 12.5. The maximum Gasteiger partial charge on any atom is 0.231 e. The summed E-state index contributed by atoms with van der Waals surface area (Å²) in [6.45, 7) is 4.85. The van der Waals surface area contributed by atoms with Crippen molar-refractivity contribution in [3.8, 4) is 5.75 Å². The number of ether oxygens (including phenoxy) is 1. The Balaban J connectivity index is 1.74. The van der Waals surface area contributed by atoms with Crippen LogP contribution in [0.5, 0.6) is 5.75 Å². The third-order valence-electron chi connectivity index (χ3n) is 3.78. The SMILES string of the molecule is CC(C)CC(CN)c1nc(C2Cc3ccccc3O2)no1. The molecule has 2 unspecified atom stereocenters. The van der Waals surface area contributed by atoms with E-state index in [1.165, 1.54) is 5.56 Å². The highest BCUT2D eigenvalue weighted by Crippen LogP contribution is 2.35. The Hall–Kier alpha value is -1.88. The molecule has 112 valence electrons. The predicted octanol–water partition coefficient (Wildman–Crippen LogP) is 2.83.